The van der Waals surface area contributed by atoms with Crippen LogP contribution < -0.4 is 10.6 Å². The second kappa shape index (κ2) is 6.28. The minimum Gasteiger partial charge on any atom is -0.308 e. The molecule has 0 atom stereocenters. The van der Waals surface area contributed by atoms with Crippen LogP contribution in [0.3, 0.4) is 0 Å². The molecule has 0 aromatic heterocycles. The molecule has 2 aromatic carbocycles. The normalized spacial score (nSPS) is 10.1. The summed E-state index contributed by atoms with van der Waals surface area (Å²) in [6.45, 7) is 0. The summed E-state index contributed by atoms with van der Waals surface area (Å²) in [5, 5.41) is 6.47. The van der Waals surface area contributed by atoms with Gasteiger partial charge in [0.1, 0.15) is 0 Å². The number of nitrogens with one attached hydrogen (secondary N) is 2. The van der Waals surface area contributed by atoms with Gasteiger partial charge in [-0.05, 0) is 52.3 Å². The summed E-state index contributed by atoms with van der Waals surface area (Å²) < 4.78 is 0.748. The molecule has 2 aromatic rings. The van der Waals surface area contributed by atoms with E-state index in [0.29, 0.717) is 21.4 Å². The average Bonchev–Trinajstić information content (AvgIpc) is 2.34. The van der Waals surface area contributed by atoms with E-state index in [1.165, 1.54) is 0 Å². The van der Waals surface area contributed by atoms with Crippen LogP contribution in [0.1, 0.15) is 0 Å². The largest absolute Gasteiger partial charge is 0.323 e. The van der Waals surface area contributed by atoms with Crippen molar-refractivity contribution in [1.29, 1.82) is 0 Å². The first-order valence-corrected chi connectivity index (χ1v) is 6.88. The molecular formula is C13H9BrCl2N2O. The van der Waals surface area contributed by atoms with Crippen molar-refractivity contribution in [3.63, 3.8) is 0 Å². The van der Waals surface area contributed by atoms with Crippen molar-refractivity contribution in [3.05, 3.63) is 57.0 Å². The molecule has 2 N–H and O–H groups in total. The van der Waals surface area contributed by atoms with E-state index >= 15 is 0 Å². The first kappa shape index (κ1) is 14.2. The van der Waals surface area contributed by atoms with E-state index in [1.54, 1.807) is 42.5 Å². The summed E-state index contributed by atoms with van der Waals surface area (Å²) >= 11 is 15.0. The SMILES string of the molecule is O=C(Nc1cccc(Cl)c1)Nc1cc(Cl)ccc1Br. The second-order valence-electron chi connectivity index (χ2n) is 3.71. The average molecular weight is 360 g/mol. The minimum atomic E-state index is -0.370. The Morgan fingerprint density at radius 1 is 1.00 bits per heavy atom. The zero-order valence-corrected chi connectivity index (χ0v) is 12.7. The number of rotatable bonds is 2. The predicted octanol–water partition coefficient (Wildman–Crippen LogP) is 5.40. The number of anilines is 2. The van der Waals surface area contributed by atoms with Gasteiger partial charge in [-0.1, -0.05) is 29.3 Å². The lowest BCUT2D eigenvalue weighted by atomic mass is 10.3. The van der Waals surface area contributed by atoms with Crippen LogP contribution in [0.2, 0.25) is 10.0 Å². The highest BCUT2D eigenvalue weighted by atomic mass is 79.9. The molecule has 0 spiro atoms. The van der Waals surface area contributed by atoms with Crippen molar-refractivity contribution < 1.29 is 4.79 Å². The number of amides is 2. The lowest BCUT2D eigenvalue weighted by Gasteiger charge is -2.09. The van der Waals surface area contributed by atoms with Crippen LogP contribution in [0.4, 0.5) is 16.2 Å². The summed E-state index contributed by atoms with van der Waals surface area (Å²) in [5.41, 5.74) is 1.20. The van der Waals surface area contributed by atoms with Crippen LogP contribution in [0.25, 0.3) is 0 Å². The van der Waals surface area contributed by atoms with Crippen molar-refractivity contribution in [2.75, 3.05) is 10.6 Å². The van der Waals surface area contributed by atoms with Gasteiger partial charge < -0.3 is 10.6 Å². The van der Waals surface area contributed by atoms with Crippen LogP contribution in [0.15, 0.2) is 46.9 Å². The van der Waals surface area contributed by atoms with Gasteiger partial charge in [-0.3, -0.25) is 0 Å². The van der Waals surface area contributed by atoms with Gasteiger partial charge in [-0.2, -0.15) is 0 Å². The summed E-state index contributed by atoms with van der Waals surface area (Å²) in [5.74, 6) is 0. The quantitative estimate of drug-likeness (QED) is 0.740. The molecule has 0 saturated heterocycles. The lowest BCUT2D eigenvalue weighted by Crippen LogP contribution is -2.19. The number of hydrogen-bond donors (Lipinski definition) is 2. The number of carbonyl (C=O) groups is 1. The molecule has 0 radical (unpaired) electrons. The summed E-state index contributed by atoms with van der Waals surface area (Å²) in [7, 11) is 0. The van der Waals surface area contributed by atoms with E-state index in [9.17, 15) is 4.79 Å². The van der Waals surface area contributed by atoms with Gasteiger partial charge in [0, 0.05) is 20.2 Å². The van der Waals surface area contributed by atoms with E-state index in [4.69, 9.17) is 23.2 Å². The van der Waals surface area contributed by atoms with Gasteiger partial charge in [-0.15, -0.1) is 0 Å². The highest BCUT2D eigenvalue weighted by Gasteiger charge is 2.06. The first-order valence-electron chi connectivity index (χ1n) is 5.33. The molecular weight excluding hydrogens is 351 g/mol. The fourth-order valence-electron chi connectivity index (χ4n) is 1.44. The van der Waals surface area contributed by atoms with Gasteiger partial charge in [0.15, 0.2) is 0 Å². The van der Waals surface area contributed by atoms with Crippen molar-refractivity contribution >= 4 is 56.5 Å². The van der Waals surface area contributed by atoms with Crippen LogP contribution in [0.5, 0.6) is 0 Å². The third kappa shape index (κ3) is 4.13. The van der Waals surface area contributed by atoms with Gasteiger partial charge in [0.05, 0.1) is 5.69 Å². The van der Waals surface area contributed by atoms with Gasteiger partial charge >= 0.3 is 6.03 Å². The Labute approximate surface area is 129 Å². The van der Waals surface area contributed by atoms with Gasteiger partial charge in [-0.25, -0.2) is 4.79 Å². The minimum absolute atomic E-state index is 0.370. The molecule has 0 fully saturated rings. The second-order valence-corrected chi connectivity index (χ2v) is 5.44. The van der Waals surface area contributed by atoms with Crippen molar-refractivity contribution in [1.82, 2.24) is 0 Å². The van der Waals surface area contributed by atoms with Crippen molar-refractivity contribution in [2.45, 2.75) is 0 Å². The predicted molar refractivity (Wildman–Crippen MR) is 83.2 cm³/mol. The molecule has 2 rings (SSSR count). The van der Waals surface area contributed by atoms with Crippen LogP contribution in [-0.2, 0) is 0 Å². The molecule has 2 amide bonds. The maximum atomic E-state index is 11.8. The van der Waals surface area contributed by atoms with Crippen LogP contribution >= 0.6 is 39.1 Å². The number of halogens is 3. The zero-order valence-electron chi connectivity index (χ0n) is 9.58. The molecule has 0 bridgehead atoms. The summed E-state index contributed by atoms with van der Waals surface area (Å²) in [6, 6.07) is 11.7. The maximum absolute atomic E-state index is 11.8. The molecule has 0 aliphatic rings. The molecule has 98 valence electrons. The smallest absolute Gasteiger partial charge is 0.308 e. The Morgan fingerprint density at radius 2 is 1.74 bits per heavy atom. The van der Waals surface area contributed by atoms with Crippen molar-refractivity contribution in [3.8, 4) is 0 Å². The van der Waals surface area contributed by atoms with Crippen LogP contribution in [-0.4, -0.2) is 6.03 Å². The Morgan fingerprint density at radius 3 is 2.47 bits per heavy atom. The Bertz CT molecular complexity index is 619. The zero-order chi connectivity index (χ0) is 13.8. The summed E-state index contributed by atoms with van der Waals surface area (Å²) in [4.78, 5) is 11.8. The fraction of sp³-hybridized carbons (Fsp3) is 0. The van der Waals surface area contributed by atoms with Gasteiger partial charge in [0.2, 0.25) is 0 Å². The van der Waals surface area contributed by atoms with E-state index in [1.807, 2.05) is 0 Å². The number of carbonyl (C=O) groups excluding carboxylic acids is 1. The third-order valence-electron chi connectivity index (χ3n) is 2.26. The van der Waals surface area contributed by atoms with E-state index in [2.05, 4.69) is 26.6 Å². The molecule has 0 aliphatic carbocycles. The number of urea groups is 1. The standard InChI is InChI=1S/C13H9BrCl2N2O/c14-11-5-4-9(16)7-12(11)18-13(19)17-10-3-1-2-8(15)6-10/h1-7H,(H2,17,18,19). The number of hydrogen-bond acceptors (Lipinski definition) is 1. The lowest BCUT2D eigenvalue weighted by molar-refractivity contribution is 0.262. The molecule has 6 heteroatoms. The highest BCUT2D eigenvalue weighted by Crippen LogP contribution is 2.26. The first-order chi connectivity index (χ1) is 9.04. The topological polar surface area (TPSA) is 41.1 Å². The monoisotopic (exact) mass is 358 g/mol. The molecule has 0 aliphatic heterocycles. The Balaban J connectivity index is 2.07. The van der Waals surface area contributed by atoms with E-state index < -0.39 is 0 Å². The fourth-order valence-corrected chi connectivity index (χ4v) is 2.15. The van der Waals surface area contributed by atoms with Crippen LogP contribution in [0, 0.1) is 0 Å². The molecule has 0 heterocycles. The Kier molecular flexibility index (Phi) is 4.69. The van der Waals surface area contributed by atoms with E-state index in [0.717, 1.165) is 4.47 Å². The number of benzene rings is 2. The highest BCUT2D eigenvalue weighted by molar-refractivity contribution is 9.10. The third-order valence-corrected chi connectivity index (χ3v) is 3.42. The van der Waals surface area contributed by atoms with Gasteiger partial charge in [0.25, 0.3) is 0 Å². The molecule has 19 heavy (non-hydrogen) atoms. The Hall–Kier alpha value is -1.23. The molecule has 3 nitrogen and oxygen atoms in total. The summed E-state index contributed by atoms with van der Waals surface area (Å²) in [6.07, 6.45) is 0. The van der Waals surface area contributed by atoms with E-state index in [-0.39, 0.29) is 6.03 Å². The molecule has 0 unspecified atom stereocenters. The van der Waals surface area contributed by atoms with Crippen molar-refractivity contribution in [2.24, 2.45) is 0 Å². The molecule has 0 saturated carbocycles. The maximum Gasteiger partial charge on any atom is 0.323 e.